The van der Waals surface area contributed by atoms with Crippen LogP contribution < -0.4 is 19.5 Å². The summed E-state index contributed by atoms with van der Waals surface area (Å²) in [4.78, 5) is 25.9. The molecule has 226 valence electrons. The molecule has 0 aliphatic heterocycles. The van der Waals surface area contributed by atoms with Gasteiger partial charge in [-0.2, -0.15) is 0 Å². The lowest BCUT2D eigenvalue weighted by Gasteiger charge is -2.24. The lowest BCUT2D eigenvalue weighted by Crippen LogP contribution is -2.39. The zero-order valence-electron chi connectivity index (χ0n) is 23.0. The van der Waals surface area contributed by atoms with Gasteiger partial charge in [-0.15, -0.1) is 13.2 Å². The average molecular weight is 591 g/mol. The number of amides is 2. The minimum absolute atomic E-state index is 0.0870. The topological polar surface area (TPSA) is 107 Å². The summed E-state index contributed by atoms with van der Waals surface area (Å²) in [6.45, 7) is 2.75. The van der Waals surface area contributed by atoms with E-state index in [-0.39, 0.29) is 38.4 Å². The van der Waals surface area contributed by atoms with Gasteiger partial charge in [0.05, 0.1) is 18.8 Å². The largest absolute Gasteiger partial charge is 0.573 e. The molecule has 12 heteroatoms. The van der Waals surface area contributed by atoms with Crippen LogP contribution >= 0.6 is 0 Å². The molecular formula is C30H33F3N2O7. The van der Waals surface area contributed by atoms with Gasteiger partial charge < -0.3 is 34.3 Å². The predicted octanol–water partition coefficient (Wildman–Crippen LogP) is 6.00. The van der Waals surface area contributed by atoms with Gasteiger partial charge in [-0.1, -0.05) is 42.5 Å². The summed E-state index contributed by atoms with van der Waals surface area (Å²) >= 11 is 0. The van der Waals surface area contributed by atoms with Crippen molar-refractivity contribution in [1.82, 2.24) is 4.90 Å². The first-order chi connectivity index (χ1) is 20.1. The smallest absolute Gasteiger partial charge is 0.494 e. The first-order valence-electron chi connectivity index (χ1n) is 13.3. The molecule has 9 nitrogen and oxygen atoms in total. The number of carbonyl (C=O) groups excluding carboxylic acids is 1. The van der Waals surface area contributed by atoms with Crippen LogP contribution in [0.5, 0.6) is 17.2 Å². The second kappa shape index (κ2) is 16.1. The van der Waals surface area contributed by atoms with Gasteiger partial charge in [-0.25, -0.2) is 9.59 Å². The molecule has 1 atom stereocenters. The predicted molar refractivity (Wildman–Crippen MR) is 149 cm³/mol. The van der Waals surface area contributed by atoms with E-state index in [9.17, 15) is 27.9 Å². The van der Waals surface area contributed by atoms with Gasteiger partial charge in [0.1, 0.15) is 18.1 Å². The zero-order chi connectivity index (χ0) is 30.4. The van der Waals surface area contributed by atoms with Crippen molar-refractivity contribution in [3.8, 4) is 17.2 Å². The van der Waals surface area contributed by atoms with Crippen LogP contribution in [0.25, 0.3) is 0 Å². The molecule has 0 bridgehead atoms. The molecule has 0 spiro atoms. The molecule has 0 radical (unpaired) electrons. The fourth-order valence-electron chi connectivity index (χ4n) is 3.88. The summed E-state index contributed by atoms with van der Waals surface area (Å²) in [6, 6.07) is 20.6. The number of ether oxygens (including phenoxy) is 4. The number of carboxylic acid groups (broad SMARTS) is 1. The highest BCUT2D eigenvalue weighted by molar-refractivity contribution is 5.91. The Balaban J connectivity index is 1.60. The molecule has 0 fully saturated rings. The molecule has 0 aliphatic carbocycles. The second-order valence-electron chi connectivity index (χ2n) is 8.95. The number of para-hydroxylation sites is 3. The highest BCUT2D eigenvalue weighted by atomic mass is 19.4. The molecule has 42 heavy (non-hydrogen) atoms. The van der Waals surface area contributed by atoms with E-state index < -0.39 is 30.2 Å². The van der Waals surface area contributed by atoms with Crippen LogP contribution in [0.2, 0.25) is 0 Å². The van der Waals surface area contributed by atoms with Crippen molar-refractivity contribution < 1.29 is 46.8 Å². The third-order valence-electron chi connectivity index (χ3n) is 5.84. The number of aliphatic carboxylic acids is 1. The Kier molecular flexibility index (Phi) is 12.3. The van der Waals surface area contributed by atoms with Crippen molar-refractivity contribution in [3.63, 3.8) is 0 Å². The Morgan fingerprint density at radius 1 is 0.881 bits per heavy atom. The van der Waals surface area contributed by atoms with Gasteiger partial charge in [0.2, 0.25) is 0 Å². The normalized spacial score (nSPS) is 11.8. The number of nitrogens with one attached hydrogen (secondary N) is 1. The lowest BCUT2D eigenvalue weighted by atomic mass is 10.1. The van der Waals surface area contributed by atoms with Crippen molar-refractivity contribution >= 4 is 17.7 Å². The Morgan fingerprint density at radius 3 is 2.19 bits per heavy atom. The van der Waals surface area contributed by atoms with E-state index in [2.05, 4.69) is 10.1 Å². The van der Waals surface area contributed by atoms with E-state index in [1.165, 1.54) is 23.1 Å². The number of benzene rings is 3. The number of halogens is 3. The van der Waals surface area contributed by atoms with E-state index >= 15 is 0 Å². The Bertz CT molecular complexity index is 1260. The minimum Gasteiger partial charge on any atom is -0.494 e. The first kappa shape index (κ1) is 32.1. The van der Waals surface area contributed by atoms with Gasteiger partial charge in [-0.05, 0) is 55.3 Å². The van der Waals surface area contributed by atoms with Crippen molar-refractivity contribution in [3.05, 3.63) is 84.4 Å². The maximum atomic E-state index is 13.1. The summed E-state index contributed by atoms with van der Waals surface area (Å²) < 4.78 is 59.3. The molecule has 0 saturated heterocycles. The van der Waals surface area contributed by atoms with Crippen LogP contribution in [0.4, 0.5) is 23.7 Å². The van der Waals surface area contributed by atoms with Gasteiger partial charge in [0.25, 0.3) is 0 Å². The Hall–Kier alpha value is -4.45. The van der Waals surface area contributed by atoms with Gasteiger partial charge in [0.15, 0.2) is 11.9 Å². The SMILES string of the molecule is CCOC(Cc1ccc(OCCN(CCCOc2ccccc2)C(=O)Nc2ccccc2OC(F)(F)F)cc1)C(=O)O. The molecule has 0 aliphatic rings. The Labute approximate surface area is 241 Å². The summed E-state index contributed by atoms with van der Waals surface area (Å²) in [5, 5.41) is 11.8. The number of anilines is 1. The monoisotopic (exact) mass is 590 g/mol. The summed E-state index contributed by atoms with van der Waals surface area (Å²) in [6.07, 6.45) is -5.23. The van der Waals surface area contributed by atoms with Crippen molar-refractivity contribution in [2.45, 2.75) is 32.2 Å². The third-order valence-corrected chi connectivity index (χ3v) is 5.84. The van der Waals surface area contributed by atoms with Crippen LogP contribution in [0.15, 0.2) is 78.9 Å². The Morgan fingerprint density at radius 2 is 1.52 bits per heavy atom. The van der Waals surface area contributed by atoms with E-state index in [1.54, 1.807) is 43.3 Å². The number of alkyl halides is 3. The highest BCUT2D eigenvalue weighted by Crippen LogP contribution is 2.30. The second-order valence-corrected chi connectivity index (χ2v) is 8.95. The number of rotatable bonds is 16. The molecule has 0 aromatic heterocycles. The first-order valence-corrected chi connectivity index (χ1v) is 13.3. The zero-order valence-corrected chi connectivity index (χ0v) is 23.0. The average Bonchev–Trinajstić information content (AvgIpc) is 2.95. The lowest BCUT2D eigenvalue weighted by molar-refractivity contribution is -0.274. The third kappa shape index (κ3) is 11.2. The highest BCUT2D eigenvalue weighted by Gasteiger charge is 2.32. The molecule has 2 N–H and O–H groups in total. The molecule has 3 aromatic carbocycles. The van der Waals surface area contributed by atoms with E-state index in [4.69, 9.17) is 14.2 Å². The van der Waals surface area contributed by atoms with Crippen LogP contribution in [-0.2, 0) is 16.0 Å². The summed E-state index contributed by atoms with van der Waals surface area (Å²) in [5.41, 5.74) is 0.621. The standard InChI is InChI=1S/C30H33F3N2O7/c1-2-39-27(28(36)37)21-22-13-15-24(16-14-22)41-20-18-35(17-8-19-40-23-9-4-3-5-10-23)29(38)34-25-11-6-7-12-26(25)42-30(31,32)33/h3-7,9-16,27H,2,8,17-21H2,1H3,(H,34,38)(H,36,37). The molecular weight excluding hydrogens is 557 g/mol. The van der Waals surface area contributed by atoms with E-state index in [1.807, 2.05) is 18.2 Å². The fraction of sp³-hybridized carbons (Fsp3) is 0.333. The van der Waals surface area contributed by atoms with Crippen LogP contribution in [0.3, 0.4) is 0 Å². The van der Waals surface area contributed by atoms with Gasteiger partial charge in [-0.3, -0.25) is 0 Å². The number of carboxylic acids is 1. The van der Waals surface area contributed by atoms with Crippen molar-refractivity contribution in [2.24, 2.45) is 0 Å². The van der Waals surface area contributed by atoms with E-state index in [0.29, 0.717) is 24.5 Å². The summed E-state index contributed by atoms with van der Waals surface area (Å²) in [5.74, 6) is -0.401. The molecule has 3 rings (SSSR count). The fourth-order valence-corrected chi connectivity index (χ4v) is 3.88. The van der Waals surface area contributed by atoms with E-state index in [0.717, 1.165) is 11.6 Å². The van der Waals surface area contributed by atoms with Crippen LogP contribution in [0, 0.1) is 0 Å². The maximum absolute atomic E-state index is 13.1. The van der Waals surface area contributed by atoms with Gasteiger partial charge >= 0.3 is 18.4 Å². The minimum atomic E-state index is -4.92. The molecule has 3 aromatic rings. The summed E-state index contributed by atoms with van der Waals surface area (Å²) in [7, 11) is 0. The molecule has 2 amide bonds. The quantitative estimate of drug-likeness (QED) is 0.197. The number of urea groups is 1. The van der Waals surface area contributed by atoms with Crippen LogP contribution in [-0.4, -0.2) is 67.4 Å². The molecule has 1 unspecified atom stereocenters. The number of hydrogen-bond acceptors (Lipinski definition) is 6. The van der Waals surface area contributed by atoms with Crippen LogP contribution in [0.1, 0.15) is 18.9 Å². The van der Waals surface area contributed by atoms with Crippen molar-refractivity contribution in [1.29, 1.82) is 0 Å². The van der Waals surface area contributed by atoms with Gasteiger partial charge in [0, 0.05) is 19.6 Å². The molecule has 0 saturated carbocycles. The maximum Gasteiger partial charge on any atom is 0.573 e. The number of nitrogens with zero attached hydrogens (tertiary/aromatic N) is 1. The number of carbonyl (C=O) groups is 2. The van der Waals surface area contributed by atoms with Crippen molar-refractivity contribution in [2.75, 3.05) is 38.2 Å². The number of hydrogen-bond donors (Lipinski definition) is 2. The molecule has 0 heterocycles.